The fourth-order valence-electron chi connectivity index (χ4n) is 4.79. The summed E-state index contributed by atoms with van der Waals surface area (Å²) in [5.41, 5.74) is 1.51. The van der Waals surface area contributed by atoms with Gasteiger partial charge in [0.2, 0.25) is 5.76 Å². The molecule has 1 aromatic heterocycles. The van der Waals surface area contributed by atoms with Gasteiger partial charge in [0, 0.05) is 6.54 Å². The Hall–Kier alpha value is -4.13. The molecule has 4 aromatic rings. The van der Waals surface area contributed by atoms with Crippen LogP contribution < -0.4 is 14.9 Å². The van der Waals surface area contributed by atoms with E-state index in [1.54, 1.807) is 24.1 Å². The van der Waals surface area contributed by atoms with Gasteiger partial charge in [0.1, 0.15) is 11.4 Å². The normalized spacial score (nSPS) is 14.7. The van der Waals surface area contributed by atoms with Crippen molar-refractivity contribution < 1.29 is 23.1 Å². The minimum absolute atomic E-state index is 0.0242. The van der Waals surface area contributed by atoms with E-state index in [-0.39, 0.29) is 28.8 Å². The first-order valence-corrected chi connectivity index (χ1v) is 12.4. The second kappa shape index (κ2) is 10.5. The molecule has 0 bridgehead atoms. The third kappa shape index (κ3) is 4.69. The van der Waals surface area contributed by atoms with Crippen LogP contribution in [0.25, 0.3) is 11.0 Å². The lowest BCUT2D eigenvalue weighted by molar-refractivity contribution is 0.0714. The van der Waals surface area contributed by atoms with E-state index < -0.39 is 23.2 Å². The number of rotatable bonds is 9. The molecular formula is C30H28FNO5. The van der Waals surface area contributed by atoms with Crippen LogP contribution in [0.2, 0.25) is 0 Å². The first-order chi connectivity index (χ1) is 18.0. The number of nitrogens with zero attached hydrogens (tertiary/aromatic N) is 1. The molecule has 0 saturated heterocycles. The van der Waals surface area contributed by atoms with Crippen molar-refractivity contribution in [1.29, 1.82) is 0 Å². The molecule has 0 radical (unpaired) electrons. The summed E-state index contributed by atoms with van der Waals surface area (Å²) < 4.78 is 31.5. The molecule has 6 nitrogen and oxygen atoms in total. The molecule has 3 aromatic carbocycles. The summed E-state index contributed by atoms with van der Waals surface area (Å²) in [4.78, 5) is 28.9. The maximum Gasteiger partial charge on any atom is 0.291 e. The molecular weight excluding hydrogens is 473 g/mol. The molecule has 1 unspecified atom stereocenters. The predicted octanol–water partition coefficient (Wildman–Crippen LogP) is 6.26. The maximum atomic E-state index is 14.0. The highest BCUT2D eigenvalue weighted by Crippen LogP contribution is 2.41. The standard InChI is InChI=1S/C30H28FNO5/c1-3-4-8-15-36-24-13-11-20(16-25(24)35-2)27-26-28(33)22-17-21(31)12-14-23(22)37-29(26)30(34)32(27)18-19-9-6-5-7-10-19/h5-7,9-14,16-17,27H,3-4,8,15,18H2,1-2H3. The molecule has 1 aliphatic heterocycles. The molecule has 0 spiro atoms. The van der Waals surface area contributed by atoms with Gasteiger partial charge in [-0.15, -0.1) is 0 Å². The number of ether oxygens (including phenoxy) is 2. The summed E-state index contributed by atoms with van der Waals surface area (Å²) >= 11 is 0. The van der Waals surface area contributed by atoms with Crippen LogP contribution >= 0.6 is 0 Å². The minimum Gasteiger partial charge on any atom is -0.493 e. The van der Waals surface area contributed by atoms with Crippen LogP contribution in [-0.2, 0) is 6.54 Å². The SMILES string of the molecule is CCCCCOc1ccc(C2c3c(oc4ccc(F)cc4c3=O)C(=O)N2Cc2ccccc2)cc1OC. The van der Waals surface area contributed by atoms with Gasteiger partial charge < -0.3 is 18.8 Å². The maximum absolute atomic E-state index is 14.0. The number of fused-ring (bicyclic) bond motifs is 2. The number of halogens is 1. The van der Waals surface area contributed by atoms with E-state index in [2.05, 4.69) is 6.92 Å². The van der Waals surface area contributed by atoms with Crippen LogP contribution in [0.1, 0.15) is 59.5 Å². The van der Waals surface area contributed by atoms with Crippen molar-refractivity contribution >= 4 is 16.9 Å². The van der Waals surface area contributed by atoms with Gasteiger partial charge in [-0.25, -0.2) is 4.39 Å². The zero-order valence-electron chi connectivity index (χ0n) is 20.8. The Morgan fingerprint density at radius 1 is 0.973 bits per heavy atom. The third-order valence-electron chi connectivity index (χ3n) is 6.63. The lowest BCUT2D eigenvalue weighted by atomic mass is 9.97. The Morgan fingerprint density at radius 3 is 2.54 bits per heavy atom. The molecule has 190 valence electrons. The summed E-state index contributed by atoms with van der Waals surface area (Å²) in [6, 6.07) is 17.9. The zero-order valence-corrected chi connectivity index (χ0v) is 20.8. The molecule has 5 rings (SSSR count). The van der Waals surface area contributed by atoms with Crippen LogP contribution in [0.5, 0.6) is 11.5 Å². The van der Waals surface area contributed by atoms with Gasteiger partial charge in [-0.2, -0.15) is 0 Å². The molecule has 0 fully saturated rings. The number of unbranched alkanes of at least 4 members (excludes halogenated alkanes) is 2. The van der Waals surface area contributed by atoms with Crippen molar-refractivity contribution in [1.82, 2.24) is 4.90 Å². The molecule has 7 heteroatoms. The lowest BCUT2D eigenvalue weighted by Crippen LogP contribution is -2.29. The van der Waals surface area contributed by atoms with E-state index in [9.17, 15) is 14.0 Å². The summed E-state index contributed by atoms with van der Waals surface area (Å²) in [7, 11) is 1.55. The van der Waals surface area contributed by atoms with E-state index in [0.717, 1.165) is 30.9 Å². The Bertz CT molecular complexity index is 1500. The Morgan fingerprint density at radius 2 is 1.78 bits per heavy atom. The number of hydrogen-bond acceptors (Lipinski definition) is 5. The quantitative estimate of drug-likeness (QED) is 0.253. The highest BCUT2D eigenvalue weighted by atomic mass is 19.1. The first-order valence-electron chi connectivity index (χ1n) is 12.4. The van der Waals surface area contributed by atoms with Gasteiger partial charge in [-0.1, -0.05) is 56.2 Å². The van der Waals surface area contributed by atoms with Crippen LogP contribution in [0.3, 0.4) is 0 Å². The van der Waals surface area contributed by atoms with E-state index >= 15 is 0 Å². The highest BCUT2D eigenvalue weighted by Gasteiger charge is 2.43. The van der Waals surface area contributed by atoms with E-state index in [1.807, 2.05) is 36.4 Å². The smallest absolute Gasteiger partial charge is 0.291 e. The van der Waals surface area contributed by atoms with Gasteiger partial charge in [0.15, 0.2) is 16.9 Å². The van der Waals surface area contributed by atoms with Crippen molar-refractivity contribution in [2.75, 3.05) is 13.7 Å². The molecule has 1 atom stereocenters. The average molecular weight is 502 g/mol. The summed E-state index contributed by atoms with van der Waals surface area (Å²) in [6.45, 7) is 2.96. The second-order valence-electron chi connectivity index (χ2n) is 9.10. The van der Waals surface area contributed by atoms with Gasteiger partial charge in [-0.05, 0) is 47.9 Å². The highest BCUT2D eigenvalue weighted by molar-refractivity contribution is 5.99. The third-order valence-corrected chi connectivity index (χ3v) is 6.63. The predicted molar refractivity (Wildman–Crippen MR) is 139 cm³/mol. The zero-order chi connectivity index (χ0) is 25.9. The molecule has 1 amide bonds. The van der Waals surface area contributed by atoms with Crippen molar-refractivity contribution in [2.24, 2.45) is 0 Å². The second-order valence-corrected chi connectivity index (χ2v) is 9.10. The largest absolute Gasteiger partial charge is 0.493 e. The number of carbonyl (C=O) groups is 1. The van der Waals surface area contributed by atoms with Crippen molar-refractivity contribution in [3.63, 3.8) is 0 Å². The van der Waals surface area contributed by atoms with Crippen LogP contribution in [-0.4, -0.2) is 24.5 Å². The molecule has 0 aliphatic carbocycles. The van der Waals surface area contributed by atoms with E-state index in [4.69, 9.17) is 13.9 Å². The molecule has 1 aliphatic rings. The van der Waals surface area contributed by atoms with E-state index in [1.165, 1.54) is 12.1 Å². The van der Waals surface area contributed by atoms with Crippen molar-refractivity contribution in [2.45, 2.75) is 38.8 Å². The first kappa shape index (κ1) is 24.6. The van der Waals surface area contributed by atoms with Gasteiger partial charge in [0.25, 0.3) is 5.91 Å². The minimum atomic E-state index is -0.741. The van der Waals surface area contributed by atoms with Crippen LogP contribution in [0.15, 0.2) is 75.9 Å². The van der Waals surface area contributed by atoms with Gasteiger partial charge >= 0.3 is 0 Å². The lowest BCUT2D eigenvalue weighted by Gasteiger charge is -2.26. The van der Waals surface area contributed by atoms with Crippen molar-refractivity contribution in [3.05, 3.63) is 105 Å². The Kier molecular flexibility index (Phi) is 6.95. The summed E-state index contributed by atoms with van der Waals surface area (Å²) in [5, 5.41) is 0.0981. The number of carbonyl (C=O) groups excluding carboxylic acids is 1. The molecule has 2 heterocycles. The topological polar surface area (TPSA) is 69.0 Å². The van der Waals surface area contributed by atoms with Crippen LogP contribution in [0, 0.1) is 5.82 Å². The van der Waals surface area contributed by atoms with Crippen molar-refractivity contribution in [3.8, 4) is 11.5 Å². The fourth-order valence-corrected chi connectivity index (χ4v) is 4.79. The Balaban J connectivity index is 1.62. The molecule has 0 N–H and O–H groups in total. The average Bonchev–Trinajstić information content (AvgIpc) is 3.19. The van der Waals surface area contributed by atoms with Crippen LogP contribution in [0.4, 0.5) is 4.39 Å². The monoisotopic (exact) mass is 501 g/mol. The molecule has 37 heavy (non-hydrogen) atoms. The van der Waals surface area contributed by atoms with Gasteiger partial charge in [0.05, 0.1) is 30.7 Å². The number of methoxy groups -OCH3 is 1. The van der Waals surface area contributed by atoms with E-state index in [0.29, 0.717) is 23.7 Å². The number of benzene rings is 3. The number of hydrogen-bond donors (Lipinski definition) is 0. The fraction of sp³-hybridized carbons (Fsp3) is 0.267. The summed E-state index contributed by atoms with van der Waals surface area (Å²) in [6.07, 6.45) is 3.09. The number of amides is 1. The van der Waals surface area contributed by atoms with Gasteiger partial charge in [-0.3, -0.25) is 9.59 Å². The molecule has 0 saturated carbocycles. The Labute approximate surface area is 214 Å². The summed E-state index contributed by atoms with van der Waals surface area (Å²) in [5.74, 6) is 0.128.